The molecule has 0 aliphatic heterocycles. The number of carbonyl (C=O) groups is 1. The van der Waals surface area contributed by atoms with E-state index in [0.29, 0.717) is 12.3 Å². The fourth-order valence-electron chi connectivity index (χ4n) is 4.66. The molecule has 0 heterocycles. The zero-order chi connectivity index (χ0) is 19.5. The number of nitrogens with zero attached hydrogens (tertiary/aromatic N) is 1. The van der Waals surface area contributed by atoms with E-state index in [1.165, 1.54) is 50.7 Å². The minimum Gasteiger partial charge on any atom is -0.462 e. The smallest absolute Gasteiger partial charge is 0.309 e. The first-order valence-electron chi connectivity index (χ1n) is 11.1. The molecule has 0 unspecified atom stereocenters. The lowest BCUT2D eigenvalue weighted by Gasteiger charge is -2.31. The average Bonchev–Trinajstić information content (AvgIpc) is 2.70. The van der Waals surface area contributed by atoms with Crippen molar-refractivity contribution < 1.29 is 13.9 Å². The van der Waals surface area contributed by atoms with Crippen LogP contribution in [0.25, 0.3) is 0 Å². The Balaban J connectivity index is 1.60. The Kier molecular flexibility index (Phi) is 9.87. The molecule has 0 amide bonds. The van der Waals surface area contributed by atoms with E-state index in [9.17, 15) is 9.18 Å². The summed E-state index contributed by atoms with van der Waals surface area (Å²) in [5.41, 5.74) is 0. The Hall–Kier alpha value is -1.37. The molecule has 4 heteroatoms. The highest BCUT2D eigenvalue weighted by atomic mass is 19.1. The van der Waals surface area contributed by atoms with Crippen molar-refractivity contribution >= 4 is 5.97 Å². The molecule has 2 fully saturated rings. The first-order valence-corrected chi connectivity index (χ1v) is 11.1. The molecule has 2 aliphatic carbocycles. The second kappa shape index (κ2) is 12.2. The molecule has 2 saturated carbocycles. The van der Waals surface area contributed by atoms with Crippen LogP contribution in [0.3, 0.4) is 0 Å². The van der Waals surface area contributed by atoms with Crippen molar-refractivity contribution in [3.8, 4) is 6.07 Å². The van der Waals surface area contributed by atoms with E-state index in [1.807, 2.05) is 0 Å². The van der Waals surface area contributed by atoms with Gasteiger partial charge in [0.25, 0.3) is 0 Å². The van der Waals surface area contributed by atoms with Gasteiger partial charge < -0.3 is 4.74 Å². The summed E-state index contributed by atoms with van der Waals surface area (Å²) in [6, 6.07) is 1.51. The summed E-state index contributed by atoms with van der Waals surface area (Å²) >= 11 is 0. The van der Waals surface area contributed by atoms with E-state index in [4.69, 9.17) is 10.00 Å². The molecule has 0 bridgehead atoms. The van der Waals surface area contributed by atoms with Crippen molar-refractivity contribution in [1.29, 1.82) is 5.26 Å². The van der Waals surface area contributed by atoms with Crippen LogP contribution in [0.2, 0.25) is 0 Å². The van der Waals surface area contributed by atoms with Crippen LogP contribution < -0.4 is 0 Å². The molecule has 3 nitrogen and oxygen atoms in total. The molecule has 0 aromatic rings. The van der Waals surface area contributed by atoms with Crippen molar-refractivity contribution in [3.63, 3.8) is 0 Å². The van der Waals surface area contributed by atoms with E-state index in [2.05, 4.69) is 6.92 Å². The lowest BCUT2D eigenvalue weighted by Crippen LogP contribution is -2.30. The third-order valence-electron chi connectivity index (χ3n) is 6.48. The first kappa shape index (κ1) is 21.9. The number of esters is 1. The molecule has 0 aromatic heterocycles. The second-order valence-corrected chi connectivity index (χ2v) is 8.53. The van der Waals surface area contributed by atoms with Gasteiger partial charge in [-0.25, -0.2) is 0 Å². The van der Waals surface area contributed by atoms with Crippen LogP contribution in [0.1, 0.15) is 96.8 Å². The van der Waals surface area contributed by atoms with Gasteiger partial charge in [-0.1, -0.05) is 32.6 Å². The summed E-state index contributed by atoms with van der Waals surface area (Å²) in [7, 11) is 0. The van der Waals surface area contributed by atoms with Gasteiger partial charge >= 0.3 is 5.97 Å². The Morgan fingerprint density at radius 1 is 1.04 bits per heavy atom. The van der Waals surface area contributed by atoms with Gasteiger partial charge in [0.05, 0.1) is 5.92 Å². The van der Waals surface area contributed by atoms with Crippen LogP contribution >= 0.6 is 0 Å². The van der Waals surface area contributed by atoms with Crippen LogP contribution in [-0.4, -0.2) is 12.1 Å². The van der Waals surface area contributed by atoms with Crippen molar-refractivity contribution in [2.45, 2.75) is 103 Å². The Bertz CT molecular complexity index is 509. The molecule has 27 heavy (non-hydrogen) atoms. The lowest BCUT2D eigenvalue weighted by molar-refractivity contribution is -0.157. The molecule has 0 atom stereocenters. The normalized spacial score (nSPS) is 29.1. The number of ether oxygens (including phenoxy) is 1. The van der Waals surface area contributed by atoms with Crippen molar-refractivity contribution in [2.75, 3.05) is 0 Å². The average molecular weight is 378 g/mol. The first-order chi connectivity index (χ1) is 13.1. The van der Waals surface area contributed by atoms with Gasteiger partial charge in [0.15, 0.2) is 5.83 Å². The minimum absolute atomic E-state index is 0.0123. The third kappa shape index (κ3) is 8.03. The summed E-state index contributed by atoms with van der Waals surface area (Å²) in [4.78, 5) is 12.5. The maximum atomic E-state index is 12.8. The molecule has 152 valence electrons. The molecule has 0 saturated heterocycles. The number of carbonyl (C=O) groups excluding carboxylic acids is 1. The van der Waals surface area contributed by atoms with Crippen LogP contribution in [0.4, 0.5) is 4.39 Å². The summed E-state index contributed by atoms with van der Waals surface area (Å²) in [6.07, 6.45) is 16.6. The van der Waals surface area contributed by atoms with E-state index < -0.39 is 5.83 Å². The zero-order valence-electron chi connectivity index (χ0n) is 16.9. The summed E-state index contributed by atoms with van der Waals surface area (Å²) in [6.45, 7) is 2.25. The van der Waals surface area contributed by atoms with Gasteiger partial charge in [0.2, 0.25) is 0 Å². The maximum absolute atomic E-state index is 12.8. The molecular formula is C23H36FNO2. The second-order valence-electron chi connectivity index (χ2n) is 8.53. The fraction of sp³-hybridized carbons (Fsp3) is 0.826. The molecule has 0 radical (unpaired) electrons. The molecule has 0 aromatic carbocycles. The lowest BCUT2D eigenvalue weighted by atomic mass is 9.80. The van der Waals surface area contributed by atoms with Gasteiger partial charge in [0, 0.05) is 0 Å². The van der Waals surface area contributed by atoms with Gasteiger partial charge in [-0.15, -0.1) is 0 Å². The number of hydrogen-bond donors (Lipinski definition) is 0. The standard InChI is InChI=1S/C23H36FNO2/c1-2-3-4-6-18-11-15-22(16-12-18)27-23(26)20-13-9-19(10-14-20)7-5-8-21(24)17-25/h8,18-20,22H,2-7,9-16H2,1H3/b21-8+. The van der Waals surface area contributed by atoms with Crippen molar-refractivity contribution in [1.82, 2.24) is 0 Å². The van der Waals surface area contributed by atoms with Crippen LogP contribution in [0, 0.1) is 29.1 Å². The Morgan fingerprint density at radius 2 is 1.67 bits per heavy atom. The van der Waals surface area contributed by atoms with Gasteiger partial charge in [-0.2, -0.15) is 9.65 Å². The molecule has 0 N–H and O–H groups in total. The summed E-state index contributed by atoms with van der Waals surface area (Å²) in [5.74, 6) is 0.748. The number of nitriles is 1. The minimum atomic E-state index is -0.688. The predicted octanol–water partition coefficient (Wildman–Crippen LogP) is 6.63. The Labute approximate surface area is 164 Å². The topological polar surface area (TPSA) is 50.1 Å². The van der Waals surface area contributed by atoms with E-state index >= 15 is 0 Å². The van der Waals surface area contributed by atoms with Gasteiger partial charge in [0.1, 0.15) is 12.2 Å². The molecule has 0 spiro atoms. The van der Waals surface area contributed by atoms with Crippen LogP contribution in [0.5, 0.6) is 0 Å². The van der Waals surface area contributed by atoms with Crippen molar-refractivity contribution in [2.24, 2.45) is 17.8 Å². The summed E-state index contributed by atoms with van der Waals surface area (Å²) < 4.78 is 18.7. The predicted molar refractivity (Wildman–Crippen MR) is 105 cm³/mol. The molecule has 2 rings (SSSR count). The van der Waals surface area contributed by atoms with Gasteiger partial charge in [-0.3, -0.25) is 4.79 Å². The van der Waals surface area contributed by atoms with Crippen molar-refractivity contribution in [3.05, 3.63) is 11.9 Å². The Morgan fingerprint density at radius 3 is 2.30 bits per heavy atom. The van der Waals surface area contributed by atoms with Crippen LogP contribution in [-0.2, 0) is 9.53 Å². The van der Waals surface area contributed by atoms with E-state index in [0.717, 1.165) is 50.9 Å². The molecular weight excluding hydrogens is 341 g/mol. The largest absolute Gasteiger partial charge is 0.462 e. The fourth-order valence-corrected chi connectivity index (χ4v) is 4.66. The SMILES string of the molecule is CCCCCC1CCC(OC(=O)C2CCC(CC/C=C(/F)C#N)CC2)CC1. The number of allylic oxidation sites excluding steroid dienone is 2. The zero-order valence-corrected chi connectivity index (χ0v) is 16.9. The third-order valence-corrected chi connectivity index (χ3v) is 6.48. The van der Waals surface area contributed by atoms with Crippen LogP contribution in [0.15, 0.2) is 11.9 Å². The number of hydrogen-bond acceptors (Lipinski definition) is 3. The quantitative estimate of drug-likeness (QED) is 0.257. The number of halogens is 1. The highest BCUT2D eigenvalue weighted by Gasteiger charge is 2.30. The van der Waals surface area contributed by atoms with E-state index in [1.54, 1.807) is 0 Å². The number of unbranched alkanes of at least 4 members (excludes halogenated alkanes) is 2. The monoisotopic (exact) mass is 377 g/mol. The number of rotatable bonds is 9. The van der Waals surface area contributed by atoms with Gasteiger partial charge in [-0.05, 0) is 82.1 Å². The summed E-state index contributed by atoms with van der Waals surface area (Å²) in [5, 5.41) is 8.42. The highest BCUT2D eigenvalue weighted by molar-refractivity contribution is 5.72. The maximum Gasteiger partial charge on any atom is 0.309 e. The van der Waals surface area contributed by atoms with E-state index in [-0.39, 0.29) is 18.0 Å². The molecule has 2 aliphatic rings. The highest BCUT2D eigenvalue weighted by Crippen LogP contribution is 2.34.